The molecule has 3 heterocycles. The Hall–Kier alpha value is -3.60. The highest BCUT2D eigenvalue weighted by atomic mass is 32.2. The maximum Gasteiger partial charge on any atom is 0.249 e. The van der Waals surface area contributed by atoms with E-state index >= 15 is 0 Å². The number of nitrogen functional groups attached to an aromatic ring is 1. The summed E-state index contributed by atoms with van der Waals surface area (Å²) >= 11 is 0. The Morgan fingerprint density at radius 2 is 1.97 bits per heavy atom. The number of hydrogen-bond donors (Lipinski definition) is 2. The number of benzene rings is 1. The molecule has 0 spiro atoms. The van der Waals surface area contributed by atoms with Crippen LogP contribution in [-0.4, -0.2) is 39.2 Å². The van der Waals surface area contributed by atoms with Gasteiger partial charge in [-0.3, -0.25) is 0 Å². The van der Waals surface area contributed by atoms with Gasteiger partial charge in [0.05, 0.1) is 11.3 Å². The van der Waals surface area contributed by atoms with E-state index in [0.29, 0.717) is 11.2 Å². The summed E-state index contributed by atoms with van der Waals surface area (Å²) in [5.41, 5.74) is 7.97. The number of sulfone groups is 1. The van der Waals surface area contributed by atoms with E-state index in [0.717, 1.165) is 11.8 Å². The minimum atomic E-state index is -3.71. The van der Waals surface area contributed by atoms with Crippen molar-refractivity contribution in [3.63, 3.8) is 0 Å². The lowest BCUT2D eigenvalue weighted by atomic mass is 10.1. The molecule has 0 bridgehead atoms. The molecule has 0 fully saturated rings. The van der Waals surface area contributed by atoms with Gasteiger partial charge in [-0.15, -0.1) is 5.10 Å². The summed E-state index contributed by atoms with van der Waals surface area (Å²) < 4.78 is 39.1. The molecule has 3 aromatic heterocycles. The molecule has 158 valence electrons. The second-order valence-corrected chi connectivity index (χ2v) is 8.67. The fourth-order valence-electron chi connectivity index (χ4n) is 3.00. The van der Waals surface area contributed by atoms with E-state index in [9.17, 15) is 12.8 Å². The minimum Gasteiger partial charge on any atom is -0.382 e. The van der Waals surface area contributed by atoms with Crippen LogP contribution in [0, 0.1) is 5.82 Å². The maximum atomic E-state index is 13.2. The Morgan fingerprint density at radius 3 is 2.67 bits per heavy atom. The van der Waals surface area contributed by atoms with Crippen LogP contribution < -0.4 is 11.1 Å². The molecule has 0 amide bonds. The second-order valence-electron chi connectivity index (χ2n) is 6.76. The predicted molar refractivity (Wildman–Crippen MR) is 114 cm³/mol. The van der Waals surface area contributed by atoms with E-state index in [1.807, 2.05) is 6.92 Å². The topological polar surface area (TPSA) is 128 Å². The van der Waals surface area contributed by atoms with Crippen LogP contribution in [0.25, 0.3) is 16.9 Å². The molecule has 0 aliphatic carbocycles. The number of rotatable bonds is 5. The summed E-state index contributed by atoms with van der Waals surface area (Å²) in [6.07, 6.45) is 4.28. The fourth-order valence-corrected chi connectivity index (χ4v) is 3.53. The zero-order chi connectivity index (χ0) is 21.5. The van der Waals surface area contributed by atoms with Crippen LogP contribution in [0.4, 0.5) is 16.0 Å². The first-order valence-electron chi connectivity index (χ1n) is 8.93. The lowest BCUT2D eigenvalue weighted by Crippen LogP contribution is -2.12. The summed E-state index contributed by atoms with van der Waals surface area (Å²) in [5, 5.41) is 6.97. The molecule has 0 unspecified atom stereocenters. The van der Waals surface area contributed by atoms with Crippen molar-refractivity contribution >= 4 is 27.1 Å². The van der Waals surface area contributed by atoms with Crippen LogP contribution in [0.5, 0.6) is 0 Å². The highest BCUT2D eigenvalue weighted by molar-refractivity contribution is 7.90. The average Bonchev–Trinajstić information content (AvgIpc) is 3.03. The van der Waals surface area contributed by atoms with E-state index in [2.05, 4.69) is 25.4 Å². The summed E-state index contributed by atoms with van der Waals surface area (Å²) in [4.78, 5) is 12.6. The van der Waals surface area contributed by atoms with Crippen LogP contribution in [0.15, 0.2) is 53.9 Å². The van der Waals surface area contributed by atoms with Crippen LogP contribution in [-0.2, 0) is 9.84 Å². The molecular weight excluding hydrogens is 409 g/mol. The molecule has 1 atom stereocenters. The minimum absolute atomic E-state index is 0. The third-order valence-electron chi connectivity index (χ3n) is 4.45. The van der Waals surface area contributed by atoms with Crippen molar-refractivity contribution in [1.82, 2.24) is 24.6 Å². The Morgan fingerprint density at radius 1 is 1.23 bits per heavy atom. The third kappa shape index (κ3) is 3.79. The van der Waals surface area contributed by atoms with Crippen LogP contribution in [0.2, 0.25) is 0 Å². The third-order valence-corrected chi connectivity index (χ3v) is 5.30. The van der Waals surface area contributed by atoms with Gasteiger partial charge in [0.15, 0.2) is 11.5 Å². The van der Waals surface area contributed by atoms with Gasteiger partial charge >= 0.3 is 0 Å². The van der Waals surface area contributed by atoms with Crippen molar-refractivity contribution < 1.29 is 15.7 Å². The molecule has 0 saturated heterocycles. The van der Waals surface area contributed by atoms with Gasteiger partial charge in [0.2, 0.25) is 15.0 Å². The molecule has 4 aromatic rings. The first-order chi connectivity index (χ1) is 14.2. The van der Waals surface area contributed by atoms with E-state index in [1.54, 1.807) is 36.7 Å². The van der Waals surface area contributed by atoms with Gasteiger partial charge in [-0.25, -0.2) is 32.3 Å². The van der Waals surface area contributed by atoms with Crippen LogP contribution >= 0.6 is 0 Å². The predicted octanol–water partition coefficient (Wildman–Crippen LogP) is 2.98. The molecule has 11 heteroatoms. The van der Waals surface area contributed by atoms with Gasteiger partial charge in [-0.1, -0.05) is 12.1 Å². The Balaban J connectivity index is 0.00000181. The Bertz CT molecular complexity index is 1350. The van der Waals surface area contributed by atoms with E-state index < -0.39 is 9.84 Å². The molecule has 1 aromatic carbocycles. The largest absolute Gasteiger partial charge is 0.382 e. The quantitative estimate of drug-likeness (QED) is 0.462. The van der Waals surface area contributed by atoms with Crippen molar-refractivity contribution in [2.24, 2.45) is 0 Å². The molecule has 3 N–H and O–H groups in total. The first kappa shape index (κ1) is 19.7. The van der Waals surface area contributed by atoms with E-state index in [-0.39, 0.29) is 37.2 Å². The molecular formula is C19H22FN7O2S. The standard InChI is InChI=1S/C19H18FN7O2S.2H2/c1-11(12-4-6-13(20)7-5-12)23-15-10-14(24-19(25-15)30(2,28)29)16-17(21)26-27-9-3-8-22-18(16)27;;/h3-11H,1-2H3,(H2,21,26)(H,23,24,25);2*1H/t11-;;/m0../s1. The first-order valence-corrected chi connectivity index (χ1v) is 10.8. The normalized spacial score (nSPS) is 12.8. The smallest absolute Gasteiger partial charge is 0.249 e. The van der Waals surface area contributed by atoms with Crippen molar-refractivity contribution in [2.75, 3.05) is 17.3 Å². The average molecular weight is 431 g/mol. The molecule has 0 aliphatic rings. The van der Waals surface area contributed by atoms with Gasteiger partial charge in [-0.05, 0) is 30.7 Å². The van der Waals surface area contributed by atoms with E-state index in [1.165, 1.54) is 16.6 Å². The number of anilines is 2. The number of halogens is 1. The van der Waals surface area contributed by atoms with Crippen molar-refractivity contribution in [3.8, 4) is 11.3 Å². The fraction of sp³-hybridized carbons (Fsp3) is 0.158. The highest BCUT2D eigenvalue weighted by Gasteiger charge is 2.21. The van der Waals surface area contributed by atoms with Crippen molar-refractivity contribution in [1.29, 1.82) is 0 Å². The monoisotopic (exact) mass is 431 g/mol. The number of fused-ring (bicyclic) bond motifs is 1. The van der Waals surface area contributed by atoms with Gasteiger partial charge in [-0.2, -0.15) is 0 Å². The number of nitrogens with two attached hydrogens (primary N) is 1. The van der Waals surface area contributed by atoms with Crippen LogP contribution in [0.3, 0.4) is 0 Å². The maximum absolute atomic E-state index is 13.2. The van der Waals surface area contributed by atoms with Gasteiger partial charge < -0.3 is 11.1 Å². The number of nitrogens with one attached hydrogen (secondary N) is 1. The molecule has 0 saturated carbocycles. The van der Waals surface area contributed by atoms with Gasteiger partial charge in [0.25, 0.3) is 0 Å². The Kier molecular flexibility index (Phi) is 4.82. The molecule has 0 aliphatic heterocycles. The van der Waals surface area contributed by atoms with Gasteiger partial charge in [0, 0.05) is 33.6 Å². The second kappa shape index (κ2) is 7.34. The summed E-state index contributed by atoms with van der Waals surface area (Å²) in [5.74, 6) is 0.0852. The SMILES string of the molecule is C[C@H](Nc1cc(-c2c(N)nn3cccnc23)nc(S(C)(=O)=O)n1)c1ccc(F)cc1.[HH].[HH]. The lowest BCUT2D eigenvalue weighted by Gasteiger charge is -2.16. The lowest BCUT2D eigenvalue weighted by molar-refractivity contribution is 0.593. The van der Waals surface area contributed by atoms with Crippen LogP contribution in [0.1, 0.15) is 21.4 Å². The number of hydrogen-bond acceptors (Lipinski definition) is 8. The van der Waals surface area contributed by atoms with Gasteiger partial charge in [0.1, 0.15) is 11.6 Å². The molecule has 9 nitrogen and oxygen atoms in total. The summed E-state index contributed by atoms with van der Waals surface area (Å²) in [7, 11) is -3.71. The van der Waals surface area contributed by atoms with Crippen molar-refractivity contribution in [3.05, 3.63) is 60.2 Å². The molecule has 30 heavy (non-hydrogen) atoms. The zero-order valence-corrected chi connectivity index (χ0v) is 16.9. The van der Waals surface area contributed by atoms with Crippen molar-refractivity contribution in [2.45, 2.75) is 18.1 Å². The summed E-state index contributed by atoms with van der Waals surface area (Å²) in [6, 6.07) is 8.98. The molecule has 4 rings (SSSR count). The number of aromatic nitrogens is 5. The summed E-state index contributed by atoms with van der Waals surface area (Å²) in [6.45, 7) is 1.85. The zero-order valence-electron chi connectivity index (χ0n) is 16.1. The number of nitrogens with zero attached hydrogens (tertiary/aromatic N) is 5. The van der Waals surface area contributed by atoms with E-state index in [4.69, 9.17) is 5.73 Å². The molecule has 0 radical (unpaired) electrons. The highest BCUT2D eigenvalue weighted by Crippen LogP contribution is 2.30. The Labute approximate surface area is 174 Å².